The van der Waals surface area contributed by atoms with E-state index in [0.717, 1.165) is 18.6 Å². The molecule has 2 saturated carbocycles. The van der Waals surface area contributed by atoms with Gasteiger partial charge in [0.15, 0.2) is 0 Å². The molecule has 0 heterocycles. The molecule has 2 rings (SSSR count). The highest BCUT2D eigenvalue weighted by Crippen LogP contribution is 2.40. The first-order valence-corrected chi connectivity index (χ1v) is 8.51. The molecule has 112 valence electrons. The van der Waals surface area contributed by atoms with Gasteiger partial charge in [0.25, 0.3) is 0 Å². The van der Waals surface area contributed by atoms with Crippen LogP contribution in [-0.4, -0.2) is 36.6 Å². The molecule has 0 bridgehead atoms. The third-order valence-corrected chi connectivity index (χ3v) is 5.66. The van der Waals surface area contributed by atoms with Gasteiger partial charge in [0.1, 0.15) is 0 Å². The normalized spacial score (nSPS) is 32.7. The Morgan fingerprint density at radius 3 is 2.26 bits per heavy atom. The van der Waals surface area contributed by atoms with E-state index in [4.69, 9.17) is 0 Å². The lowest BCUT2D eigenvalue weighted by Crippen LogP contribution is -2.53. The van der Waals surface area contributed by atoms with Crippen LogP contribution in [0.4, 0.5) is 0 Å². The van der Waals surface area contributed by atoms with Crippen molar-refractivity contribution in [3.8, 4) is 0 Å². The van der Waals surface area contributed by atoms with Gasteiger partial charge in [-0.25, -0.2) is 0 Å². The van der Waals surface area contributed by atoms with Crippen LogP contribution in [0.3, 0.4) is 0 Å². The number of nitrogens with one attached hydrogen (secondary N) is 1. The van der Waals surface area contributed by atoms with Crippen molar-refractivity contribution < 1.29 is 0 Å². The van der Waals surface area contributed by atoms with Crippen molar-refractivity contribution in [2.45, 2.75) is 90.3 Å². The van der Waals surface area contributed by atoms with Gasteiger partial charge in [0.05, 0.1) is 0 Å². The summed E-state index contributed by atoms with van der Waals surface area (Å²) in [7, 11) is 2.40. The minimum Gasteiger partial charge on any atom is -0.312 e. The van der Waals surface area contributed by atoms with Gasteiger partial charge in [-0.1, -0.05) is 46.5 Å². The number of rotatable bonds is 4. The summed E-state index contributed by atoms with van der Waals surface area (Å²) in [5, 5.41) is 3.78. The Morgan fingerprint density at radius 1 is 1.05 bits per heavy atom. The summed E-state index contributed by atoms with van der Waals surface area (Å²) in [6.07, 6.45) is 11.4. The van der Waals surface area contributed by atoms with E-state index in [-0.39, 0.29) is 0 Å². The Bertz CT molecular complexity index is 266. The molecule has 2 atom stereocenters. The molecule has 0 aromatic rings. The van der Waals surface area contributed by atoms with Crippen LogP contribution in [0.15, 0.2) is 0 Å². The van der Waals surface area contributed by atoms with Gasteiger partial charge < -0.3 is 5.32 Å². The first-order valence-electron chi connectivity index (χ1n) is 8.51. The lowest BCUT2D eigenvalue weighted by molar-refractivity contribution is 0.119. The number of hydrogen-bond donors (Lipinski definition) is 1. The van der Waals surface area contributed by atoms with Crippen molar-refractivity contribution in [1.82, 2.24) is 10.2 Å². The molecule has 2 unspecified atom stereocenters. The van der Waals surface area contributed by atoms with Crippen LogP contribution in [0.2, 0.25) is 0 Å². The summed E-state index contributed by atoms with van der Waals surface area (Å²) < 4.78 is 0. The summed E-state index contributed by atoms with van der Waals surface area (Å²) >= 11 is 0. The van der Waals surface area contributed by atoms with Crippen LogP contribution in [0, 0.1) is 5.41 Å². The highest BCUT2D eigenvalue weighted by Gasteiger charge is 2.44. The maximum Gasteiger partial charge on any atom is 0.0274 e. The predicted molar refractivity (Wildman–Crippen MR) is 83.5 cm³/mol. The molecule has 2 aliphatic carbocycles. The van der Waals surface area contributed by atoms with Gasteiger partial charge in [-0.15, -0.1) is 0 Å². The molecule has 2 nitrogen and oxygen atoms in total. The summed E-state index contributed by atoms with van der Waals surface area (Å²) in [5.41, 5.74) is 0.458. The summed E-state index contributed by atoms with van der Waals surface area (Å²) in [6.45, 7) is 8.24. The van der Waals surface area contributed by atoms with E-state index in [0.29, 0.717) is 11.5 Å². The zero-order valence-electron chi connectivity index (χ0n) is 13.5. The topological polar surface area (TPSA) is 15.3 Å². The number of hydrogen-bond acceptors (Lipinski definition) is 2. The minimum absolute atomic E-state index is 0.458. The Balaban J connectivity index is 2.02. The molecule has 19 heavy (non-hydrogen) atoms. The van der Waals surface area contributed by atoms with Crippen LogP contribution >= 0.6 is 0 Å². The second kappa shape index (κ2) is 6.58. The third kappa shape index (κ3) is 3.52. The molecule has 0 aromatic heterocycles. The summed E-state index contributed by atoms with van der Waals surface area (Å²) in [6, 6.07) is 2.26. The van der Waals surface area contributed by atoms with Crippen LogP contribution in [0.5, 0.6) is 0 Å². The van der Waals surface area contributed by atoms with E-state index in [2.05, 4.69) is 38.0 Å². The lowest BCUT2D eigenvalue weighted by Gasteiger charge is -2.39. The van der Waals surface area contributed by atoms with E-state index in [9.17, 15) is 0 Å². The van der Waals surface area contributed by atoms with Crippen LogP contribution in [0.25, 0.3) is 0 Å². The Labute approximate surface area is 120 Å². The van der Waals surface area contributed by atoms with E-state index in [1.165, 1.54) is 51.4 Å². The maximum absolute atomic E-state index is 3.78. The van der Waals surface area contributed by atoms with E-state index in [1.807, 2.05) is 0 Å². The quantitative estimate of drug-likeness (QED) is 0.779. The van der Waals surface area contributed by atoms with Crippen LogP contribution < -0.4 is 5.32 Å². The molecule has 0 saturated heterocycles. The molecule has 0 aromatic carbocycles. The second-order valence-corrected chi connectivity index (χ2v) is 7.44. The average molecular weight is 266 g/mol. The fraction of sp³-hybridized carbons (Fsp3) is 1.00. The van der Waals surface area contributed by atoms with E-state index in [1.54, 1.807) is 0 Å². The van der Waals surface area contributed by atoms with Gasteiger partial charge in [-0.2, -0.15) is 0 Å². The Hall–Kier alpha value is -0.0800. The zero-order valence-corrected chi connectivity index (χ0v) is 13.5. The van der Waals surface area contributed by atoms with Crippen LogP contribution in [-0.2, 0) is 0 Å². The standard InChI is InChI=1S/C17H34N2/c1-5-18-16-15(12-13-17(16,2)3)19(4)14-10-8-6-7-9-11-14/h14-16,18H,5-13H2,1-4H3. The molecule has 0 amide bonds. The number of nitrogens with zero attached hydrogens (tertiary/aromatic N) is 1. The van der Waals surface area contributed by atoms with Crippen molar-refractivity contribution in [3.63, 3.8) is 0 Å². The van der Waals surface area contributed by atoms with Gasteiger partial charge in [-0.05, 0) is 44.7 Å². The lowest BCUT2D eigenvalue weighted by atomic mass is 9.86. The van der Waals surface area contributed by atoms with Gasteiger partial charge >= 0.3 is 0 Å². The van der Waals surface area contributed by atoms with Gasteiger partial charge in [0, 0.05) is 18.1 Å². The fourth-order valence-electron chi connectivity index (χ4n) is 4.37. The predicted octanol–water partition coefficient (Wildman–Crippen LogP) is 3.81. The molecular weight excluding hydrogens is 232 g/mol. The minimum atomic E-state index is 0.458. The molecule has 2 fully saturated rings. The second-order valence-electron chi connectivity index (χ2n) is 7.44. The van der Waals surface area contributed by atoms with Gasteiger partial charge in [0.2, 0.25) is 0 Å². The maximum atomic E-state index is 3.78. The molecule has 0 aliphatic heterocycles. The Morgan fingerprint density at radius 2 is 1.68 bits per heavy atom. The highest BCUT2D eigenvalue weighted by atomic mass is 15.2. The molecule has 0 spiro atoms. The Kier molecular flexibility index (Phi) is 5.30. The molecule has 1 N–H and O–H groups in total. The monoisotopic (exact) mass is 266 g/mol. The van der Waals surface area contributed by atoms with Crippen molar-refractivity contribution in [3.05, 3.63) is 0 Å². The van der Waals surface area contributed by atoms with Crippen molar-refractivity contribution >= 4 is 0 Å². The van der Waals surface area contributed by atoms with Crippen molar-refractivity contribution in [2.24, 2.45) is 5.41 Å². The average Bonchev–Trinajstić information content (AvgIpc) is 2.60. The SMILES string of the molecule is CCNC1C(N(C)C2CCCCCC2)CCC1(C)C. The fourth-order valence-corrected chi connectivity index (χ4v) is 4.37. The summed E-state index contributed by atoms with van der Waals surface area (Å²) in [4.78, 5) is 2.74. The highest BCUT2D eigenvalue weighted by molar-refractivity contribution is 5.01. The van der Waals surface area contributed by atoms with Gasteiger partial charge in [-0.3, -0.25) is 4.90 Å². The first kappa shape index (κ1) is 15.3. The largest absolute Gasteiger partial charge is 0.312 e. The summed E-state index contributed by atoms with van der Waals surface area (Å²) in [5.74, 6) is 0. The first-order chi connectivity index (χ1) is 9.06. The molecule has 0 radical (unpaired) electrons. The smallest absolute Gasteiger partial charge is 0.0274 e. The molecule has 2 heteroatoms. The zero-order chi connectivity index (χ0) is 13.9. The third-order valence-electron chi connectivity index (χ3n) is 5.66. The van der Waals surface area contributed by atoms with Crippen molar-refractivity contribution in [2.75, 3.05) is 13.6 Å². The van der Waals surface area contributed by atoms with E-state index < -0.39 is 0 Å². The van der Waals surface area contributed by atoms with Crippen LogP contribution in [0.1, 0.15) is 72.1 Å². The molecule has 2 aliphatic rings. The number of likely N-dealkylation sites (N-methyl/N-ethyl adjacent to an activating group) is 2. The van der Waals surface area contributed by atoms with E-state index >= 15 is 0 Å². The van der Waals surface area contributed by atoms with Crippen molar-refractivity contribution in [1.29, 1.82) is 0 Å². The molecular formula is C17H34N2.